The number of thiophene rings is 1. The van der Waals surface area contributed by atoms with Crippen molar-refractivity contribution in [1.29, 1.82) is 0 Å². The highest BCUT2D eigenvalue weighted by atomic mass is 35.5. The molecule has 0 saturated carbocycles. The van der Waals surface area contributed by atoms with Crippen LogP contribution in [0.25, 0.3) is 0 Å². The largest absolute Gasteiger partial charge is 0.491 e. The van der Waals surface area contributed by atoms with E-state index in [9.17, 15) is 9.59 Å². The van der Waals surface area contributed by atoms with Gasteiger partial charge in [-0.25, -0.2) is 4.79 Å². The molecule has 3 rings (SSSR count). The number of hydrogen-bond donors (Lipinski definition) is 1. The summed E-state index contributed by atoms with van der Waals surface area (Å²) >= 11 is 7.68. The van der Waals surface area contributed by atoms with E-state index in [-0.39, 0.29) is 24.5 Å². The second kappa shape index (κ2) is 12.8. The Hall–Kier alpha value is -2.29. The number of amides is 3. The highest BCUT2D eigenvalue weighted by molar-refractivity contribution is 7.10. The van der Waals surface area contributed by atoms with Crippen molar-refractivity contribution in [2.24, 2.45) is 0 Å². The maximum absolute atomic E-state index is 13.4. The fraction of sp³-hybridized carbons (Fsp3) is 0.500. The third kappa shape index (κ3) is 7.09. The summed E-state index contributed by atoms with van der Waals surface area (Å²) in [6.07, 6.45) is 2.31. The smallest absolute Gasteiger partial charge is 0.317 e. The van der Waals surface area contributed by atoms with Gasteiger partial charge < -0.3 is 24.6 Å². The molecular weight excluding hydrogens is 462 g/mol. The van der Waals surface area contributed by atoms with Crippen LogP contribution in [-0.4, -0.2) is 68.2 Å². The highest BCUT2D eigenvalue weighted by Gasteiger charge is 2.33. The Balaban J connectivity index is 1.71. The molecule has 33 heavy (non-hydrogen) atoms. The number of rotatable bonds is 11. The topological polar surface area (TPSA) is 71.1 Å². The summed E-state index contributed by atoms with van der Waals surface area (Å²) in [6.45, 7) is 4.53. The normalized spacial score (nSPS) is 15.1. The molecule has 3 amide bonds. The monoisotopic (exact) mass is 493 g/mol. The molecule has 1 N–H and O–H groups in total. The molecule has 1 aromatic carbocycles. The number of halogens is 1. The Labute approximate surface area is 204 Å². The molecule has 2 aromatic rings. The first-order valence-corrected chi connectivity index (χ1v) is 12.5. The molecule has 1 aromatic heterocycles. The average molecular weight is 494 g/mol. The molecule has 0 radical (unpaired) electrons. The van der Waals surface area contributed by atoms with E-state index in [2.05, 4.69) is 16.8 Å². The van der Waals surface area contributed by atoms with Gasteiger partial charge in [0.05, 0.1) is 6.04 Å². The van der Waals surface area contributed by atoms with Crippen LogP contribution in [0.5, 0.6) is 5.75 Å². The molecule has 1 atom stereocenters. The lowest BCUT2D eigenvalue weighted by atomic mass is 10.0. The Morgan fingerprint density at radius 2 is 2.06 bits per heavy atom. The van der Waals surface area contributed by atoms with Crippen LogP contribution in [0.15, 0.2) is 35.7 Å². The van der Waals surface area contributed by atoms with Crippen LogP contribution in [0.1, 0.15) is 36.2 Å². The molecule has 0 aliphatic carbocycles. The molecule has 0 spiro atoms. The number of nitrogens with one attached hydrogen (secondary N) is 1. The van der Waals surface area contributed by atoms with Gasteiger partial charge in [0.1, 0.15) is 18.9 Å². The number of benzene rings is 1. The summed E-state index contributed by atoms with van der Waals surface area (Å²) in [7, 11) is 1.63. The molecule has 0 bridgehead atoms. The van der Waals surface area contributed by atoms with E-state index in [4.69, 9.17) is 21.1 Å². The van der Waals surface area contributed by atoms with Crippen molar-refractivity contribution in [2.75, 3.05) is 46.5 Å². The fourth-order valence-electron chi connectivity index (χ4n) is 3.83. The number of methoxy groups -OCH3 is 1. The van der Waals surface area contributed by atoms with Crippen LogP contribution in [0, 0.1) is 0 Å². The van der Waals surface area contributed by atoms with Crippen molar-refractivity contribution in [3.05, 3.63) is 51.2 Å². The van der Waals surface area contributed by atoms with Crippen molar-refractivity contribution in [2.45, 2.75) is 32.2 Å². The van der Waals surface area contributed by atoms with Crippen LogP contribution < -0.4 is 10.1 Å². The lowest BCUT2D eigenvalue weighted by molar-refractivity contribution is -0.135. The molecule has 2 heterocycles. The molecule has 1 aliphatic heterocycles. The quantitative estimate of drug-likeness (QED) is 0.472. The first kappa shape index (κ1) is 25.3. The third-order valence-corrected chi connectivity index (χ3v) is 6.80. The lowest BCUT2D eigenvalue weighted by Crippen LogP contribution is -2.50. The number of fused-ring (bicyclic) bond motifs is 1. The van der Waals surface area contributed by atoms with Gasteiger partial charge in [-0.15, -0.1) is 11.3 Å². The second-order valence-electron chi connectivity index (χ2n) is 7.92. The minimum atomic E-state index is -0.219. The minimum Gasteiger partial charge on any atom is -0.491 e. The van der Waals surface area contributed by atoms with Crippen LogP contribution in [0.2, 0.25) is 5.02 Å². The summed E-state index contributed by atoms with van der Waals surface area (Å²) in [6, 6.07) is 8.85. The van der Waals surface area contributed by atoms with E-state index in [1.165, 1.54) is 4.88 Å². The molecular formula is C24H32ClN3O4S. The van der Waals surface area contributed by atoms with Crippen LogP contribution in [0.4, 0.5) is 4.79 Å². The van der Waals surface area contributed by atoms with Crippen molar-refractivity contribution >= 4 is 34.9 Å². The van der Waals surface area contributed by atoms with E-state index in [1.54, 1.807) is 35.5 Å². The van der Waals surface area contributed by atoms with E-state index >= 15 is 0 Å². The summed E-state index contributed by atoms with van der Waals surface area (Å²) in [4.78, 5) is 30.8. The standard InChI is InChI=1S/C24H32ClN3O4S/c1-3-11-26-24(30)27(12-4-14-31-2)16-23(29)28-13-9-22-20(10-15-33-22)21(28)17-32-19-7-5-18(25)6-8-19/h5-8,10,15,21H,3-4,9,11-14,16-17H2,1-2H3,(H,26,30)/t21-/m1/s1. The van der Waals surface area contributed by atoms with Crippen LogP contribution >= 0.6 is 22.9 Å². The van der Waals surface area contributed by atoms with E-state index in [1.807, 2.05) is 24.0 Å². The van der Waals surface area contributed by atoms with Crippen molar-refractivity contribution in [3.63, 3.8) is 0 Å². The van der Waals surface area contributed by atoms with Crippen molar-refractivity contribution in [3.8, 4) is 5.75 Å². The number of carbonyl (C=O) groups excluding carboxylic acids is 2. The Kier molecular flexibility index (Phi) is 9.84. The molecule has 9 heteroatoms. The molecule has 1 aliphatic rings. The maximum atomic E-state index is 13.4. The number of hydrogen-bond acceptors (Lipinski definition) is 5. The molecule has 7 nitrogen and oxygen atoms in total. The van der Waals surface area contributed by atoms with Crippen molar-refractivity contribution < 1.29 is 19.1 Å². The molecule has 180 valence electrons. The minimum absolute atomic E-state index is 0.0240. The molecule has 0 saturated heterocycles. The Morgan fingerprint density at radius 1 is 1.27 bits per heavy atom. The average Bonchev–Trinajstić information content (AvgIpc) is 3.30. The van der Waals surface area contributed by atoms with Gasteiger partial charge in [0.15, 0.2) is 0 Å². The summed E-state index contributed by atoms with van der Waals surface area (Å²) < 4.78 is 11.2. The van der Waals surface area contributed by atoms with Gasteiger partial charge in [-0.05, 0) is 60.5 Å². The van der Waals surface area contributed by atoms with Gasteiger partial charge in [-0.2, -0.15) is 0 Å². The number of carbonyl (C=O) groups is 2. The van der Waals surface area contributed by atoms with Gasteiger partial charge in [0.2, 0.25) is 5.91 Å². The molecule has 0 fully saturated rings. The zero-order chi connectivity index (χ0) is 23.6. The maximum Gasteiger partial charge on any atom is 0.317 e. The zero-order valence-corrected chi connectivity index (χ0v) is 20.8. The Bertz CT molecular complexity index is 905. The predicted octanol–water partition coefficient (Wildman–Crippen LogP) is 4.36. The SMILES string of the molecule is CCCNC(=O)N(CCCOC)CC(=O)N1CCc2sccc2[C@H]1COc1ccc(Cl)cc1. The van der Waals surface area contributed by atoms with E-state index in [0.717, 1.165) is 18.4 Å². The fourth-order valence-corrected chi connectivity index (χ4v) is 4.88. The lowest BCUT2D eigenvalue weighted by Gasteiger charge is -2.37. The van der Waals surface area contributed by atoms with Crippen LogP contribution in [-0.2, 0) is 16.0 Å². The van der Waals surface area contributed by atoms with Crippen molar-refractivity contribution in [1.82, 2.24) is 15.1 Å². The number of nitrogens with zero attached hydrogens (tertiary/aromatic N) is 2. The van der Waals surface area contributed by atoms with Gasteiger partial charge in [0, 0.05) is 43.3 Å². The molecule has 0 unspecified atom stereocenters. The predicted molar refractivity (Wildman–Crippen MR) is 131 cm³/mol. The third-order valence-electron chi connectivity index (χ3n) is 5.55. The first-order chi connectivity index (χ1) is 16.0. The highest BCUT2D eigenvalue weighted by Crippen LogP contribution is 2.34. The van der Waals surface area contributed by atoms with E-state index in [0.29, 0.717) is 50.0 Å². The van der Waals surface area contributed by atoms with Gasteiger partial charge in [-0.1, -0.05) is 18.5 Å². The second-order valence-corrected chi connectivity index (χ2v) is 9.35. The summed E-state index contributed by atoms with van der Waals surface area (Å²) in [5.74, 6) is 0.620. The van der Waals surface area contributed by atoms with Gasteiger partial charge >= 0.3 is 6.03 Å². The Morgan fingerprint density at radius 3 is 2.79 bits per heavy atom. The summed E-state index contributed by atoms with van der Waals surface area (Å²) in [5, 5.41) is 5.59. The van der Waals surface area contributed by atoms with Crippen LogP contribution in [0.3, 0.4) is 0 Å². The van der Waals surface area contributed by atoms with E-state index < -0.39 is 0 Å². The zero-order valence-electron chi connectivity index (χ0n) is 19.2. The first-order valence-electron chi connectivity index (χ1n) is 11.3. The van der Waals surface area contributed by atoms with Gasteiger partial charge in [0.25, 0.3) is 0 Å². The van der Waals surface area contributed by atoms with Gasteiger partial charge in [-0.3, -0.25) is 4.79 Å². The summed E-state index contributed by atoms with van der Waals surface area (Å²) in [5.41, 5.74) is 1.12. The number of urea groups is 1. The number of ether oxygens (including phenoxy) is 2.